The van der Waals surface area contributed by atoms with Crippen molar-refractivity contribution in [3.05, 3.63) is 86.2 Å². The minimum Gasteiger partial charge on any atom is -0.309 e. The van der Waals surface area contributed by atoms with Crippen LogP contribution in [0.5, 0.6) is 0 Å². The summed E-state index contributed by atoms with van der Waals surface area (Å²) in [7, 11) is 0. The number of halogens is 3. The summed E-state index contributed by atoms with van der Waals surface area (Å²) < 4.78 is 3.03. The molecular weight excluding hydrogens is 470 g/mol. The molecule has 3 aromatic carbocycles. The second-order valence-corrected chi connectivity index (χ2v) is 7.14. The standard InChI is InChI=1S/C18H12Br3N/c19-15-11-12-16(18(21)17(15)20)22(13-7-3-1-4-8-13)14-9-5-2-6-10-14/h1-12H. The Morgan fingerprint density at radius 3 is 1.55 bits per heavy atom. The van der Waals surface area contributed by atoms with E-state index in [1.165, 1.54) is 0 Å². The van der Waals surface area contributed by atoms with Crippen LogP contribution in [0.4, 0.5) is 17.1 Å². The van der Waals surface area contributed by atoms with Gasteiger partial charge in [-0.2, -0.15) is 0 Å². The maximum atomic E-state index is 3.71. The third kappa shape index (κ3) is 3.14. The minimum atomic E-state index is 1.00. The van der Waals surface area contributed by atoms with Crippen molar-refractivity contribution >= 4 is 64.9 Å². The molecule has 4 heteroatoms. The van der Waals surface area contributed by atoms with E-state index in [9.17, 15) is 0 Å². The zero-order valence-corrected chi connectivity index (χ0v) is 16.3. The third-order valence-corrected chi connectivity index (χ3v) is 6.64. The fraction of sp³-hybridized carbons (Fsp3) is 0. The van der Waals surface area contributed by atoms with Gasteiger partial charge in [-0.3, -0.25) is 0 Å². The Morgan fingerprint density at radius 1 is 0.545 bits per heavy atom. The average molecular weight is 482 g/mol. The first kappa shape index (κ1) is 15.8. The van der Waals surface area contributed by atoms with Crippen LogP contribution in [0.3, 0.4) is 0 Å². The summed E-state index contributed by atoms with van der Waals surface area (Å²) in [6.45, 7) is 0. The summed E-state index contributed by atoms with van der Waals surface area (Å²) in [6, 6.07) is 24.8. The van der Waals surface area contributed by atoms with Crippen molar-refractivity contribution in [3.8, 4) is 0 Å². The summed E-state index contributed by atoms with van der Waals surface area (Å²) in [5, 5.41) is 0. The zero-order valence-electron chi connectivity index (χ0n) is 11.5. The molecule has 22 heavy (non-hydrogen) atoms. The van der Waals surface area contributed by atoms with Gasteiger partial charge in [0.05, 0.1) is 10.2 Å². The highest BCUT2D eigenvalue weighted by Gasteiger charge is 2.17. The Labute approximate surface area is 155 Å². The lowest BCUT2D eigenvalue weighted by Gasteiger charge is -2.27. The van der Waals surface area contributed by atoms with Crippen molar-refractivity contribution in [2.75, 3.05) is 4.90 Å². The molecule has 0 saturated heterocycles. The van der Waals surface area contributed by atoms with Gasteiger partial charge in [0.1, 0.15) is 0 Å². The predicted octanol–water partition coefficient (Wildman–Crippen LogP) is 7.44. The monoisotopic (exact) mass is 479 g/mol. The number of hydrogen-bond donors (Lipinski definition) is 0. The van der Waals surface area contributed by atoms with Gasteiger partial charge in [-0.25, -0.2) is 0 Å². The molecule has 3 aromatic rings. The molecule has 0 aromatic heterocycles. The molecule has 0 saturated carbocycles. The highest BCUT2D eigenvalue weighted by atomic mass is 79.9. The first-order chi connectivity index (χ1) is 10.7. The fourth-order valence-electron chi connectivity index (χ4n) is 2.27. The van der Waals surface area contributed by atoms with Crippen LogP contribution in [0.25, 0.3) is 0 Å². The van der Waals surface area contributed by atoms with Crippen LogP contribution in [0.1, 0.15) is 0 Å². The van der Waals surface area contributed by atoms with E-state index in [-0.39, 0.29) is 0 Å². The molecule has 0 bridgehead atoms. The number of para-hydroxylation sites is 2. The average Bonchev–Trinajstić information content (AvgIpc) is 2.57. The van der Waals surface area contributed by atoms with E-state index in [0.29, 0.717) is 0 Å². The van der Waals surface area contributed by atoms with Crippen LogP contribution in [0.15, 0.2) is 86.2 Å². The Kier molecular flexibility index (Phi) is 5.01. The number of rotatable bonds is 3. The lowest BCUT2D eigenvalue weighted by Crippen LogP contribution is -2.10. The minimum absolute atomic E-state index is 1.00. The lowest BCUT2D eigenvalue weighted by molar-refractivity contribution is 1.26. The van der Waals surface area contributed by atoms with Gasteiger partial charge in [0, 0.05) is 20.3 Å². The van der Waals surface area contributed by atoms with Crippen LogP contribution in [0.2, 0.25) is 0 Å². The summed E-state index contributed by atoms with van der Waals surface area (Å²) in [4.78, 5) is 2.22. The number of anilines is 3. The molecule has 0 heterocycles. The Hall–Kier alpha value is -1.10. The highest BCUT2D eigenvalue weighted by Crippen LogP contribution is 2.43. The van der Waals surface area contributed by atoms with Crippen molar-refractivity contribution in [1.29, 1.82) is 0 Å². The van der Waals surface area contributed by atoms with E-state index < -0.39 is 0 Å². The normalized spacial score (nSPS) is 10.5. The topological polar surface area (TPSA) is 3.24 Å². The van der Waals surface area contributed by atoms with Crippen LogP contribution < -0.4 is 4.90 Å². The van der Waals surface area contributed by atoms with E-state index in [4.69, 9.17) is 0 Å². The van der Waals surface area contributed by atoms with Crippen LogP contribution >= 0.6 is 47.8 Å². The van der Waals surface area contributed by atoms with Gasteiger partial charge in [0.2, 0.25) is 0 Å². The van der Waals surface area contributed by atoms with Gasteiger partial charge in [-0.1, -0.05) is 36.4 Å². The first-order valence-corrected chi connectivity index (χ1v) is 9.10. The maximum absolute atomic E-state index is 3.71. The summed E-state index contributed by atoms with van der Waals surface area (Å²) >= 11 is 10.9. The maximum Gasteiger partial charge on any atom is 0.0616 e. The highest BCUT2D eigenvalue weighted by molar-refractivity contribution is 9.14. The second-order valence-electron chi connectivity index (χ2n) is 4.70. The van der Waals surface area contributed by atoms with E-state index in [1.807, 2.05) is 42.5 Å². The molecule has 0 aliphatic carbocycles. The van der Waals surface area contributed by atoms with E-state index in [2.05, 4.69) is 83.0 Å². The van der Waals surface area contributed by atoms with Crippen molar-refractivity contribution < 1.29 is 0 Å². The fourth-order valence-corrected chi connectivity index (χ4v) is 3.72. The van der Waals surface area contributed by atoms with Gasteiger partial charge >= 0.3 is 0 Å². The van der Waals surface area contributed by atoms with Gasteiger partial charge in [0.15, 0.2) is 0 Å². The van der Waals surface area contributed by atoms with Crippen LogP contribution in [-0.2, 0) is 0 Å². The Morgan fingerprint density at radius 2 is 1.05 bits per heavy atom. The van der Waals surface area contributed by atoms with Crippen molar-refractivity contribution in [1.82, 2.24) is 0 Å². The summed E-state index contributed by atoms with van der Waals surface area (Å²) in [5.74, 6) is 0. The molecule has 0 N–H and O–H groups in total. The molecule has 0 aliphatic heterocycles. The first-order valence-electron chi connectivity index (χ1n) is 6.72. The quantitative estimate of drug-likeness (QED) is 0.351. The number of benzene rings is 3. The molecule has 0 fully saturated rings. The zero-order chi connectivity index (χ0) is 15.5. The van der Waals surface area contributed by atoms with Crippen LogP contribution in [-0.4, -0.2) is 0 Å². The molecular formula is C18H12Br3N. The van der Waals surface area contributed by atoms with Gasteiger partial charge in [-0.15, -0.1) is 0 Å². The third-order valence-electron chi connectivity index (χ3n) is 3.28. The molecule has 0 atom stereocenters. The second kappa shape index (κ2) is 6.99. The van der Waals surface area contributed by atoms with Crippen molar-refractivity contribution in [3.63, 3.8) is 0 Å². The molecule has 0 aliphatic rings. The molecule has 3 rings (SSSR count). The van der Waals surface area contributed by atoms with Crippen LogP contribution in [0, 0.1) is 0 Å². The van der Waals surface area contributed by atoms with Gasteiger partial charge in [-0.05, 0) is 84.2 Å². The molecule has 0 spiro atoms. The number of hydrogen-bond acceptors (Lipinski definition) is 1. The molecule has 1 nitrogen and oxygen atoms in total. The summed E-state index contributed by atoms with van der Waals surface area (Å²) in [5.41, 5.74) is 3.31. The number of nitrogens with zero attached hydrogens (tertiary/aromatic N) is 1. The van der Waals surface area contributed by atoms with Crippen molar-refractivity contribution in [2.24, 2.45) is 0 Å². The molecule has 0 radical (unpaired) electrons. The van der Waals surface area contributed by atoms with E-state index in [1.54, 1.807) is 0 Å². The smallest absolute Gasteiger partial charge is 0.0616 e. The largest absolute Gasteiger partial charge is 0.309 e. The predicted molar refractivity (Wildman–Crippen MR) is 104 cm³/mol. The van der Waals surface area contributed by atoms with Gasteiger partial charge in [0.25, 0.3) is 0 Å². The van der Waals surface area contributed by atoms with E-state index >= 15 is 0 Å². The molecule has 0 unspecified atom stereocenters. The molecule has 0 amide bonds. The van der Waals surface area contributed by atoms with Gasteiger partial charge < -0.3 is 4.90 Å². The molecule has 110 valence electrons. The van der Waals surface area contributed by atoms with E-state index in [0.717, 1.165) is 30.5 Å². The summed E-state index contributed by atoms with van der Waals surface area (Å²) in [6.07, 6.45) is 0. The Bertz CT molecular complexity index is 734. The Balaban J connectivity index is 2.21. The lowest BCUT2D eigenvalue weighted by atomic mass is 10.2. The SMILES string of the molecule is Brc1ccc(N(c2ccccc2)c2ccccc2)c(Br)c1Br. The van der Waals surface area contributed by atoms with Crippen molar-refractivity contribution in [2.45, 2.75) is 0 Å².